The molecule has 1 nitrogen and oxygen atoms in total. The van der Waals surface area contributed by atoms with Gasteiger partial charge in [0.2, 0.25) is 0 Å². The number of rotatable bonds is 2. The van der Waals surface area contributed by atoms with Gasteiger partial charge in [-0.25, -0.2) is 0 Å². The van der Waals surface area contributed by atoms with Gasteiger partial charge in [0, 0.05) is 0 Å². The Hall–Kier alpha value is 0.600. The second-order valence-electron chi connectivity index (χ2n) is 0.994. The van der Waals surface area contributed by atoms with Gasteiger partial charge >= 0.3 is 0 Å². The molecular formula is C3H7ClOS. The van der Waals surface area contributed by atoms with E-state index in [1.54, 1.807) is 0 Å². The highest BCUT2D eigenvalue weighted by molar-refractivity contribution is 8.13. The van der Waals surface area contributed by atoms with Crippen LogP contribution < -0.4 is 0 Å². The average Bonchev–Trinajstić information content (AvgIpc) is 1.35. The first-order valence-corrected chi connectivity index (χ1v) is 3.96. The molecule has 3 heteroatoms. The maximum atomic E-state index is 9.92. The summed E-state index contributed by atoms with van der Waals surface area (Å²) >= 11 is 0. The van der Waals surface area contributed by atoms with Crippen molar-refractivity contribution in [2.24, 2.45) is 0 Å². The molecular weight excluding hydrogens is 120 g/mol. The second kappa shape index (κ2) is 3.78. The summed E-state index contributed by atoms with van der Waals surface area (Å²) in [7, 11) is 3.96. The molecule has 0 aliphatic heterocycles. The number of halogens is 1. The predicted molar refractivity (Wildman–Crippen MR) is 29.2 cm³/mol. The van der Waals surface area contributed by atoms with Crippen molar-refractivity contribution in [1.82, 2.24) is 0 Å². The maximum absolute atomic E-state index is 9.92. The molecule has 1 atom stereocenters. The summed E-state index contributed by atoms with van der Waals surface area (Å²) in [6, 6.07) is 0. The molecule has 38 valence electrons. The lowest BCUT2D eigenvalue weighted by Gasteiger charge is -1.92. The second-order valence-corrected chi connectivity index (χ2v) is 3.01. The van der Waals surface area contributed by atoms with Crippen molar-refractivity contribution >= 4 is 21.1 Å². The van der Waals surface area contributed by atoms with Crippen LogP contribution in [0.4, 0.5) is 0 Å². The van der Waals surface area contributed by atoms with Crippen LogP contribution in [-0.4, -0.2) is 10.3 Å². The van der Waals surface area contributed by atoms with Gasteiger partial charge in [-0.15, -0.1) is 0 Å². The van der Waals surface area contributed by atoms with Gasteiger partial charge in [0.1, 0.15) is 5.75 Å². The summed E-state index contributed by atoms with van der Waals surface area (Å²) in [5.74, 6) is 0.613. The third kappa shape index (κ3) is 4.60. The summed E-state index contributed by atoms with van der Waals surface area (Å²) in [5, 5.41) is 0. The molecule has 6 heavy (non-hydrogen) atoms. The van der Waals surface area contributed by atoms with E-state index in [4.69, 9.17) is 10.7 Å². The van der Waals surface area contributed by atoms with Crippen molar-refractivity contribution in [3.63, 3.8) is 0 Å². The lowest BCUT2D eigenvalue weighted by molar-refractivity contribution is 0.607. The fraction of sp³-hybridized carbons (Fsp3) is 1.00. The Balaban J connectivity index is 2.63. The molecule has 0 heterocycles. The van der Waals surface area contributed by atoms with Gasteiger partial charge < -0.3 is 4.55 Å². The molecule has 0 saturated heterocycles. The van der Waals surface area contributed by atoms with E-state index in [1.165, 1.54) is 0 Å². The van der Waals surface area contributed by atoms with Crippen LogP contribution in [-0.2, 0) is 10.4 Å². The van der Waals surface area contributed by atoms with Crippen LogP contribution in [0.3, 0.4) is 0 Å². The van der Waals surface area contributed by atoms with Gasteiger partial charge in [0.25, 0.3) is 0 Å². The van der Waals surface area contributed by atoms with Gasteiger partial charge in [0.05, 0.1) is 10.4 Å². The minimum Gasteiger partial charge on any atom is -0.599 e. The molecule has 0 rings (SSSR count). The van der Waals surface area contributed by atoms with E-state index >= 15 is 0 Å². The molecule has 0 aromatic carbocycles. The first kappa shape index (κ1) is 6.60. The minimum atomic E-state index is -1.09. The predicted octanol–water partition coefficient (Wildman–Crippen LogP) is 1.30. The van der Waals surface area contributed by atoms with Gasteiger partial charge in [-0.1, -0.05) is 6.92 Å². The highest BCUT2D eigenvalue weighted by Gasteiger charge is 1.93. The third-order valence-corrected chi connectivity index (χ3v) is 1.56. The smallest absolute Gasteiger partial charge is 0.174 e. The quantitative estimate of drug-likeness (QED) is 0.512. The van der Waals surface area contributed by atoms with Crippen molar-refractivity contribution in [2.75, 3.05) is 5.75 Å². The van der Waals surface area contributed by atoms with E-state index in [1.807, 2.05) is 6.92 Å². The molecule has 1 unspecified atom stereocenters. The van der Waals surface area contributed by atoms with Crippen molar-refractivity contribution in [2.45, 2.75) is 13.3 Å². The number of hydrogen-bond donors (Lipinski definition) is 0. The molecule has 0 saturated carbocycles. The van der Waals surface area contributed by atoms with E-state index in [0.29, 0.717) is 5.75 Å². The Morgan fingerprint density at radius 1 is 1.83 bits per heavy atom. The molecule has 0 N–H and O–H groups in total. The van der Waals surface area contributed by atoms with E-state index < -0.39 is 10.4 Å². The lowest BCUT2D eigenvalue weighted by atomic mass is 10.6. The van der Waals surface area contributed by atoms with Crippen molar-refractivity contribution in [3.8, 4) is 0 Å². The summed E-state index contributed by atoms with van der Waals surface area (Å²) < 4.78 is 9.92. The van der Waals surface area contributed by atoms with E-state index in [0.717, 1.165) is 6.42 Å². The molecule has 0 aromatic heterocycles. The first-order valence-electron chi connectivity index (χ1n) is 1.82. The van der Waals surface area contributed by atoms with E-state index in [2.05, 4.69) is 0 Å². The SMILES string of the molecule is CCC[S+]([O-])Cl. The average molecular weight is 127 g/mol. The van der Waals surface area contributed by atoms with E-state index in [9.17, 15) is 4.55 Å². The van der Waals surface area contributed by atoms with E-state index in [-0.39, 0.29) is 0 Å². The zero-order chi connectivity index (χ0) is 4.99. The highest BCUT2D eigenvalue weighted by atomic mass is 35.7. The fourth-order valence-corrected chi connectivity index (χ4v) is 0.944. The van der Waals surface area contributed by atoms with Crippen LogP contribution in [0, 0.1) is 0 Å². The molecule has 0 bridgehead atoms. The molecule has 0 radical (unpaired) electrons. The van der Waals surface area contributed by atoms with Gasteiger partial charge in [0.15, 0.2) is 10.7 Å². The molecule has 0 amide bonds. The maximum Gasteiger partial charge on any atom is 0.174 e. The van der Waals surface area contributed by atoms with Crippen LogP contribution >= 0.6 is 10.7 Å². The Bertz CT molecular complexity index is 32.0. The first-order chi connectivity index (χ1) is 2.77. The van der Waals surface area contributed by atoms with Crippen molar-refractivity contribution < 1.29 is 4.55 Å². The van der Waals surface area contributed by atoms with Crippen molar-refractivity contribution in [1.29, 1.82) is 0 Å². The third-order valence-electron chi connectivity index (χ3n) is 0.365. The lowest BCUT2D eigenvalue weighted by Crippen LogP contribution is -1.93. The molecule has 0 aromatic rings. The standard InChI is InChI=1S/C3H7ClOS/c1-2-3-6(4)5/h2-3H2,1H3. The molecule has 0 aliphatic rings. The van der Waals surface area contributed by atoms with Crippen molar-refractivity contribution in [3.05, 3.63) is 0 Å². The van der Waals surface area contributed by atoms with Crippen LogP contribution in [0.15, 0.2) is 0 Å². The number of hydrogen-bond acceptors (Lipinski definition) is 1. The summed E-state index contributed by atoms with van der Waals surface area (Å²) in [5.41, 5.74) is 0. The van der Waals surface area contributed by atoms with Crippen LogP contribution in [0.2, 0.25) is 0 Å². The minimum absolute atomic E-state index is 0.613. The highest BCUT2D eigenvalue weighted by Crippen LogP contribution is 1.96. The normalized spacial score (nSPS) is 14.5. The zero-order valence-electron chi connectivity index (χ0n) is 3.61. The topological polar surface area (TPSA) is 23.1 Å². The fourth-order valence-electron chi connectivity index (χ4n) is 0.160. The van der Waals surface area contributed by atoms with Crippen LogP contribution in [0.5, 0.6) is 0 Å². The van der Waals surface area contributed by atoms with Gasteiger partial charge in [-0.3, -0.25) is 0 Å². The Morgan fingerprint density at radius 3 is 2.33 bits per heavy atom. The largest absolute Gasteiger partial charge is 0.599 e. The monoisotopic (exact) mass is 126 g/mol. The molecule has 0 fully saturated rings. The Labute approximate surface area is 45.4 Å². The molecule has 0 spiro atoms. The zero-order valence-corrected chi connectivity index (χ0v) is 5.18. The Kier molecular flexibility index (Phi) is 4.16. The van der Waals surface area contributed by atoms with Gasteiger partial charge in [-0.05, 0) is 6.42 Å². The summed E-state index contributed by atoms with van der Waals surface area (Å²) in [6.07, 6.45) is 0.899. The summed E-state index contributed by atoms with van der Waals surface area (Å²) in [6.45, 7) is 1.94. The van der Waals surface area contributed by atoms with Crippen LogP contribution in [0.1, 0.15) is 13.3 Å². The summed E-state index contributed by atoms with van der Waals surface area (Å²) in [4.78, 5) is 0. The van der Waals surface area contributed by atoms with Crippen LogP contribution in [0.25, 0.3) is 0 Å². The van der Waals surface area contributed by atoms with Gasteiger partial charge in [-0.2, -0.15) is 0 Å². The molecule has 0 aliphatic carbocycles. The Morgan fingerprint density at radius 2 is 2.33 bits per heavy atom.